The van der Waals surface area contributed by atoms with Crippen LogP contribution in [0.3, 0.4) is 0 Å². The van der Waals surface area contributed by atoms with E-state index in [9.17, 15) is 9.18 Å². The summed E-state index contributed by atoms with van der Waals surface area (Å²) in [5, 5.41) is 7.47. The van der Waals surface area contributed by atoms with Crippen LogP contribution in [0.5, 0.6) is 0 Å². The molecule has 3 aromatic rings. The van der Waals surface area contributed by atoms with Crippen molar-refractivity contribution in [3.63, 3.8) is 0 Å². The zero-order chi connectivity index (χ0) is 16.5. The zero-order valence-corrected chi connectivity index (χ0v) is 13.5. The fourth-order valence-electron chi connectivity index (χ4n) is 2.72. The van der Waals surface area contributed by atoms with E-state index in [0.717, 1.165) is 28.5 Å². The standard InChI is InChI=1S/C18H14FN3OS/c19-15-9-5-4-8-13(15)18(23)20-17-14-10-24-11-16(14)21-22(17)12-6-2-1-3-7-12/h1-9H,10-11H2,(H,20,23). The van der Waals surface area contributed by atoms with E-state index in [1.807, 2.05) is 30.3 Å². The minimum atomic E-state index is -0.535. The van der Waals surface area contributed by atoms with Crippen molar-refractivity contribution in [1.29, 1.82) is 0 Å². The lowest BCUT2D eigenvalue weighted by atomic mass is 10.2. The summed E-state index contributed by atoms with van der Waals surface area (Å²) < 4.78 is 15.6. The molecule has 0 unspecified atom stereocenters. The van der Waals surface area contributed by atoms with Crippen molar-refractivity contribution < 1.29 is 9.18 Å². The van der Waals surface area contributed by atoms with Gasteiger partial charge >= 0.3 is 0 Å². The first-order valence-corrected chi connectivity index (χ1v) is 8.69. The number of carbonyl (C=O) groups excluding carboxylic acids is 1. The van der Waals surface area contributed by atoms with Crippen molar-refractivity contribution in [2.24, 2.45) is 0 Å². The van der Waals surface area contributed by atoms with E-state index in [-0.39, 0.29) is 5.56 Å². The topological polar surface area (TPSA) is 46.9 Å². The second kappa shape index (κ2) is 6.13. The van der Waals surface area contributed by atoms with Gasteiger partial charge in [-0.05, 0) is 24.3 Å². The highest BCUT2D eigenvalue weighted by atomic mass is 32.2. The van der Waals surface area contributed by atoms with Gasteiger partial charge in [-0.15, -0.1) is 0 Å². The molecule has 1 N–H and O–H groups in total. The van der Waals surface area contributed by atoms with Crippen LogP contribution in [0.1, 0.15) is 21.6 Å². The summed E-state index contributed by atoms with van der Waals surface area (Å²) in [4.78, 5) is 12.5. The van der Waals surface area contributed by atoms with Crippen LogP contribution in [0, 0.1) is 5.82 Å². The summed E-state index contributed by atoms with van der Waals surface area (Å²) in [5.74, 6) is 1.22. The van der Waals surface area contributed by atoms with Crippen molar-refractivity contribution in [3.05, 3.63) is 77.2 Å². The Bertz CT molecular complexity index is 908. The zero-order valence-electron chi connectivity index (χ0n) is 12.7. The maximum absolute atomic E-state index is 13.9. The van der Waals surface area contributed by atoms with Gasteiger partial charge in [0.25, 0.3) is 5.91 Å². The van der Waals surface area contributed by atoms with Gasteiger partial charge in [0, 0.05) is 17.1 Å². The molecule has 2 heterocycles. The van der Waals surface area contributed by atoms with Gasteiger partial charge in [0.2, 0.25) is 0 Å². The Kier molecular flexibility index (Phi) is 3.82. The average molecular weight is 339 g/mol. The predicted molar refractivity (Wildman–Crippen MR) is 92.9 cm³/mol. The fourth-order valence-corrected chi connectivity index (χ4v) is 3.75. The average Bonchev–Trinajstić information content (AvgIpc) is 3.19. The van der Waals surface area contributed by atoms with E-state index >= 15 is 0 Å². The van der Waals surface area contributed by atoms with Crippen LogP contribution < -0.4 is 5.32 Å². The molecule has 4 rings (SSSR count). The van der Waals surface area contributed by atoms with Gasteiger partial charge < -0.3 is 5.32 Å². The molecule has 24 heavy (non-hydrogen) atoms. The SMILES string of the molecule is O=C(Nc1c2c(nn1-c1ccccc1)CSC2)c1ccccc1F. The molecule has 1 aromatic heterocycles. The van der Waals surface area contributed by atoms with Crippen molar-refractivity contribution in [3.8, 4) is 5.69 Å². The lowest BCUT2D eigenvalue weighted by molar-refractivity contribution is 0.102. The highest BCUT2D eigenvalue weighted by Crippen LogP contribution is 2.36. The second-order valence-corrected chi connectivity index (χ2v) is 6.43. The summed E-state index contributed by atoms with van der Waals surface area (Å²) in [6.07, 6.45) is 0. The number of fused-ring (bicyclic) bond motifs is 1. The second-order valence-electron chi connectivity index (χ2n) is 5.45. The molecule has 0 atom stereocenters. The van der Waals surface area contributed by atoms with Gasteiger partial charge in [0.05, 0.1) is 16.9 Å². The third-order valence-corrected chi connectivity index (χ3v) is 4.87. The van der Waals surface area contributed by atoms with Crippen LogP contribution in [0.15, 0.2) is 54.6 Å². The molecule has 0 fully saturated rings. The molecule has 4 nitrogen and oxygen atoms in total. The van der Waals surface area contributed by atoms with Crippen molar-refractivity contribution in [1.82, 2.24) is 9.78 Å². The Morgan fingerprint density at radius 3 is 2.62 bits per heavy atom. The molecular weight excluding hydrogens is 325 g/mol. The first-order chi connectivity index (χ1) is 11.7. The van der Waals surface area contributed by atoms with Gasteiger partial charge in [-0.25, -0.2) is 9.07 Å². The van der Waals surface area contributed by atoms with Gasteiger partial charge in [-0.3, -0.25) is 4.79 Å². The van der Waals surface area contributed by atoms with Gasteiger partial charge in [0.15, 0.2) is 0 Å². The van der Waals surface area contributed by atoms with Crippen LogP contribution >= 0.6 is 11.8 Å². The van der Waals surface area contributed by atoms with Crippen molar-refractivity contribution in [2.75, 3.05) is 5.32 Å². The van der Waals surface area contributed by atoms with Crippen LogP contribution in [-0.4, -0.2) is 15.7 Å². The van der Waals surface area contributed by atoms with E-state index in [0.29, 0.717) is 5.82 Å². The molecule has 0 radical (unpaired) electrons. The van der Waals surface area contributed by atoms with Gasteiger partial charge in [0.1, 0.15) is 11.6 Å². The van der Waals surface area contributed by atoms with Crippen molar-refractivity contribution >= 4 is 23.5 Å². The highest BCUT2D eigenvalue weighted by Gasteiger charge is 2.25. The largest absolute Gasteiger partial charge is 0.306 e. The number of nitrogens with one attached hydrogen (secondary N) is 1. The third kappa shape index (κ3) is 2.59. The predicted octanol–water partition coefficient (Wildman–Crippen LogP) is 4.01. The maximum Gasteiger partial charge on any atom is 0.259 e. The number of aromatic nitrogens is 2. The van der Waals surface area contributed by atoms with E-state index in [1.54, 1.807) is 28.6 Å². The Balaban J connectivity index is 1.75. The number of nitrogens with zero attached hydrogens (tertiary/aromatic N) is 2. The monoisotopic (exact) mass is 339 g/mol. The minimum Gasteiger partial charge on any atom is -0.306 e. The number of rotatable bonds is 3. The molecule has 120 valence electrons. The number of hydrogen-bond acceptors (Lipinski definition) is 3. The minimum absolute atomic E-state index is 0.0257. The molecule has 1 amide bonds. The van der Waals surface area contributed by atoms with E-state index < -0.39 is 11.7 Å². The molecule has 0 saturated heterocycles. The quantitative estimate of drug-likeness (QED) is 0.784. The van der Waals surface area contributed by atoms with Crippen molar-refractivity contribution in [2.45, 2.75) is 11.5 Å². The van der Waals surface area contributed by atoms with E-state index in [1.165, 1.54) is 12.1 Å². The number of thioether (sulfide) groups is 1. The summed E-state index contributed by atoms with van der Waals surface area (Å²) in [6, 6.07) is 15.6. The lowest BCUT2D eigenvalue weighted by Crippen LogP contribution is -2.17. The molecular formula is C18H14FN3OS. The molecule has 0 aliphatic carbocycles. The number of halogens is 1. The van der Waals surface area contributed by atoms with E-state index in [2.05, 4.69) is 10.4 Å². The summed E-state index contributed by atoms with van der Waals surface area (Å²) in [7, 11) is 0. The normalized spacial score (nSPS) is 12.9. The number of anilines is 1. The Labute approximate surface area is 142 Å². The molecule has 2 aromatic carbocycles. The highest BCUT2D eigenvalue weighted by molar-refractivity contribution is 7.98. The molecule has 0 bridgehead atoms. The maximum atomic E-state index is 13.9. The first kappa shape index (κ1) is 15.0. The number of benzene rings is 2. The van der Waals surface area contributed by atoms with E-state index in [4.69, 9.17) is 0 Å². The molecule has 6 heteroatoms. The molecule has 0 spiro atoms. The Hall–Kier alpha value is -2.60. The van der Waals surface area contributed by atoms with Crippen LogP contribution in [-0.2, 0) is 11.5 Å². The van der Waals surface area contributed by atoms with Gasteiger partial charge in [-0.1, -0.05) is 30.3 Å². The smallest absolute Gasteiger partial charge is 0.259 e. The lowest BCUT2D eigenvalue weighted by Gasteiger charge is -2.11. The van der Waals surface area contributed by atoms with Crippen LogP contribution in [0.4, 0.5) is 10.2 Å². The number of amides is 1. The third-order valence-electron chi connectivity index (χ3n) is 3.90. The number of para-hydroxylation sites is 1. The van der Waals surface area contributed by atoms with Gasteiger partial charge in [-0.2, -0.15) is 16.9 Å². The van der Waals surface area contributed by atoms with Crippen LogP contribution in [0.2, 0.25) is 0 Å². The summed E-state index contributed by atoms with van der Waals surface area (Å²) in [6.45, 7) is 0. The molecule has 0 saturated carbocycles. The Morgan fingerprint density at radius 2 is 1.83 bits per heavy atom. The fraction of sp³-hybridized carbons (Fsp3) is 0.111. The summed E-state index contributed by atoms with van der Waals surface area (Å²) in [5.41, 5.74) is 2.86. The van der Waals surface area contributed by atoms with Crippen LogP contribution in [0.25, 0.3) is 5.69 Å². The molecule has 1 aliphatic heterocycles. The summed E-state index contributed by atoms with van der Waals surface area (Å²) >= 11 is 1.75. The molecule has 1 aliphatic rings. The first-order valence-electron chi connectivity index (χ1n) is 7.54. The number of carbonyl (C=O) groups is 1. The number of hydrogen-bond donors (Lipinski definition) is 1. The Morgan fingerprint density at radius 1 is 1.08 bits per heavy atom.